The van der Waals surface area contributed by atoms with E-state index in [0.29, 0.717) is 0 Å². The molecule has 0 bridgehead atoms. The van der Waals surface area contributed by atoms with E-state index in [2.05, 4.69) is 4.74 Å². The molecule has 2 aromatic rings. The standard InChI is InChI=1S/C13H11F2N3O3/c1-20-9-3-2-7(14)12-10(9)11(15)8(6-16)18(12)4-5-21-13(17)19/h2-3H,4-5H2,1H3,(H2,17,19). The highest BCUT2D eigenvalue weighted by Crippen LogP contribution is 2.34. The van der Waals surface area contributed by atoms with Crippen LogP contribution < -0.4 is 10.5 Å². The number of rotatable bonds is 4. The maximum absolute atomic E-state index is 14.3. The van der Waals surface area contributed by atoms with Crippen LogP contribution in [-0.4, -0.2) is 24.4 Å². The van der Waals surface area contributed by atoms with Crippen LogP contribution in [0.1, 0.15) is 5.69 Å². The minimum Gasteiger partial charge on any atom is -0.496 e. The number of nitrogens with zero attached hydrogens (tertiary/aromatic N) is 2. The molecule has 1 amide bonds. The summed E-state index contributed by atoms with van der Waals surface area (Å²) in [5, 5.41) is 8.93. The van der Waals surface area contributed by atoms with Crippen molar-refractivity contribution in [2.24, 2.45) is 5.73 Å². The van der Waals surface area contributed by atoms with Gasteiger partial charge in [0.15, 0.2) is 11.5 Å². The molecule has 0 atom stereocenters. The first-order chi connectivity index (χ1) is 10.0. The molecule has 1 heterocycles. The molecule has 0 unspecified atom stereocenters. The molecule has 0 saturated heterocycles. The smallest absolute Gasteiger partial charge is 0.404 e. The average molecular weight is 295 g/mol. The zero-order chi connectivity index (χ0) is 15.6. The minimum atomic E-state index is -1.01. The molecular weight excluding hydrogens is 284 g/mol. The molecule has 0 aliphatic rings. The van der Waals surface area contributed by atoms with E-state index in [1.165, 1.54) is 13.2 Å². The van der Waals surface area contributed by atoms with Crippen LogP contribution >= 0.6 is 0 Å². The molecule has 0 aliphatic carbocycles. The molecule has 21 heavy (non-hydrogen) atoms. The van der Waals surface area contributed by atoms with Gasteiger partial charge in [0.2, 0.25) is 0 Å². The number of primary amides is 1. The summed E-state index contributed by atoms with van der Waals surface area (Å²) in [4.78, 5) is 10.5. The van der Waals surface area contributed by atoms with Gasteiger partial charge in [0.1, 0.15) is 24.2 Å². The number of hydrogen-bond acceptors (Lipinski definition) is 4. The lowest BCUT2D eigenvalue weighted by molar-refractivity contribution is 0.152. The van der Waals surface area contributed by atoms with E-state index >= 15 is 0 Å². The lowest BCUT2D eigenvalue weighted by Gasteiger charge is -2.08. The molecule has 2 N–H and O–H groups in total. The van der Waals surface area contributed by atoms with E-state index in [1.807, 2.05) is 0 Å². The van der Waals surface area contributed by atoms with Crippen LogP contribution in [0.3, 0.4) is 0 Å². The van der Waals surface area contributed by atoms with E-state index in [0.717, 1.165) is 10.6 Å². The van der Waals surface area contributed by atoms with Crippen LogP contribution in [0.25, 0.3) is 10.9 Å². The van der Waals surface area contributed by atoms with Crippen molar-refractivity contribution in [2.45, 2.75) is 6.54 Å². The third-order valence-corrected chi connectivity index (χ3v) is 2.94. The molecule has 8 heteroatoms. The topological polar surface area (TPSA) is 90.3 Å². The maximum atomic E-state index is 14.3. The molecule has 2 rings (SSSR count). The molecule has 1 aromatic carbocycles. The summed E-state index contributed by atoms with van der Waals surface area (Å²) in [6.07, 6.45) is -1.01. The Hall–Kier alpha value is -2.82. The minimum absolute atomic E-state index is 0.106. The molecule has 110 valence electrons. The quantitative estimate of drug-likeness (QED) is 0.932. The molecule has 0 spiro atoms. The van der Waals surface area contributed by atoms with Gasteiger partial charge in [-0.05, 0) is 12.1 Å². The van der Waals surface area contributed by atoms with E-state index in [9.17, 15) is 13.6 Å². The summed E-state index contributed by atoms with van der Waals surface area (Å²) in [6, 6.07) is 4.04. The summed E-state index contributed by atoms with van der Waals surface area (Å²) in [5.74, 6) is -1.50. The largest absolute Gasteiger partial charge is 0.496 e. The molecular formula is C13H11F2N3O3. The van der Waals surface area contributed by atoms with Gasteiger partial charge >= 0.3 is 6.09 Å². The Balaban J connectivity index is 2.63. The highest BCUT2D eigenvalue weighted by molar-refractivity contribution is 5.89. The summed E-state index contributed by atoms with van der Waals surface area (Å²) in [7, 11) is 1.31. The van der Waals surface area contributed by atoms with Crippen LogP contribution in [-0.2, 0) is 11.3 Å². The number of hydrogen-bond donors (Lipinski definition) is 1. The van der Waals surface area contributed by atoms with Crippen molar-refractivity contribution in [1.82, 2.24) is 4.57 Å². The third-order valence-electron chi connectivity index (χ3n) is 2.94. The Kier molecular flexibility index (Phi) is 3.93. The van der Waals surface area contributed by atoms with Crippen molar-refractivity contribution in [2.75, 3.05) is 13.7 Å². The summed E-state index contributed by atoms with van der Waals surface area (Å²) in [5.41, 5.74) is 4.32. The van der Waals surface area contributed by atoms with E-state index in [1.54, 1.807) is 6.07 Å². The van der Waals surface area contributed by atoms with Gasteiger partial charge in [0.05, 0.1) is 24.6 Å². The Bertz CT molecular complexity index is 749. The SMILES string of the molecule is COc1ccc(F)c2c1c(F)c(C#N)n2CCOC(N)=O. The lowest BCUT2D eigenvalue weighted by Crippen LogP contribution is -2.17. The van der Waals surface area contributed by atoms with Crippen molar-refractivity contribution in [3.05, 3.63) is 29.5 Å². The number of fused-ring (bicyclic) bond motifs is 1. The number of nitriles is 1. The van der Waals surface area contributed by atoms with Crippen molar-refractivity contribution < 1.29 is 23.0 Å². The number of halogens is 2. The zero-order valence-corrected chi connectivity index (χ0v) is 11.0. The fourth-order valence-corrected chi connectivity index (χ4v) is 2.11. The van der Waals surface area contributed by atoms with Crippen LogP contribution in [0.5, 0.6) is 5.75 Å². The number of aromatic nitrogens is 1. The second-order valence-electron chi connectivity index (χ2n) is 4.07. The van der Waals surface area contributed by atoms with Gasteiger partial charge in [0, 0.05) is 0 Å². The monoisotopic (exact) mass is 295 g/mol. The van der Waals surface area contributed by atoms with Crippen LogP contribution in [0.4, 0.5) is 13.6 Å². The molecule has 1 aromatic heterocycles. The molecule has 0 radical (unpaired) electrons. The van der Waals surface area contributed by atoms with Crippen LogP contribution in [0.2, 0.25) is 0 Å². The third kappa shape index (κ3) is 2.45. The van der Waals surface area contributed by atoms with Gasteiger partial charge < -0.3 is 19.8 Å². The van der Waals surface area contributed by atoms with Gasteiger partial charge in [-0.15, -0.1) is 0 Å². The van der Waals surface area contributed by atoms with Crippen molar-refractivity contribution in [3.8, 4) is 11.8 Å². The zero-order valence-electron chi connectivity index (χ0n) is 11.0. The molecule has 0 fully saturated rings. The Morgan fingerprint density at radius 1 is 1.48 bits per heavy atom. The van der Waals surface area contributed by atoms with Crippen molar-refractivity contribution >= 4 is 17.0 Å². The predicted octanol–water partition coefficient (Wildman–Crippen LogP) is 1.90. The number of benzene rings is 1. The Labute approximate surface area is 118 Å². The summed E-state index contributed by atoms with van der Waals surface area (Å²) >= 11 is 0. The number of nitrogens with two attached hydrogens (primary N) is 1. The first kappa shape index (κ1) is 14.6. The number of carbonyl (C=O) groups excluding carboxylic acids is 1. The van der Waals surface area contributed by atoms with Crippen LogP contribution in [0, 0.1) is 23.0 Å². The van der Waals surface area contributed by atoms with Crippen LogP contribution in [0.15, 0.2) is 12.1 Å². The predicted molar refractivity (Wildman–Crippen MR) is 68.7 cm³/mol. The normalized spacial score (nSPS) is 10.4. The highest BCUT2D eigenvalue weighted by atomic mass is 19.1. The number of amides is 1. The summed E-state index contributed by atoms with van der Waals surface area (Å²) < 4.78 is 38.9. The van der Waals surface area contributed by atoms with E-state index in [4.69, 9.17) is 15.7 Å². The van der Waals surface area contributed by atoms with E-state index in [-0.39, 0.29) is 35.5 Å². The lowest BCUT2D eigenvalue weighted by atomic mass is 10.2. The Morgan fingerprint density at radius 2 is 2.19 bits per heavy atom. The first-order valence-electron chi connectivity index (χ1n) is 5.87. The first-order valence-corrected chi connectivity index (χ1v) is 5.87. The molecule has 6 nitrogen and oxygen atoms in total. The van der Waals surface area contributed by atoms with Crippen molar-refractivity contribution in [3.63, 3.8) is 0 Å². The highest BCUT2D eigenvalue weighted by Gasteiger charge is 2.23. The van der Waals surface area contributed by atoms with Gasteiger partial charge in [-0.25, -0.2) is 13.6 Å². The second kappa shape index (κ2) is 5.66. The average Bonchev–Trinajstić information content (AvgIpc) is 2.73. The maximum Gasteiger partial charge on any atom is 0.404 e. The van der Waals surface area contributed by atoms with Crippen molar-refractivity contribution in [1.29, 1.82) is 5.26 Å². The number of methoxy groups -OCH3 is 1. The number of ether oxygens (including phenoxy) is 2. The van der Waals surface area contributed by atoms with Gasteiger partial charge in [-0.2, -0.15) is 5.26 Å². The molecule has 0 aliphatic heterocycles. The van der Waals surface area contributed by atoms with Gasteiger partial charge in [-0.1, -0.05) is 0 Å². The molecule has 0 saturated carbocycles. The second-order valence-corrected chi connectivity index (χ2v) is 4.07. The summed E-state index contributed by atoms with van der Waals surface area (Å²) in [6.45, 7) is -0.333. The van der Waals surface area contributed by atoms with E-state index < -0.39 is 17.7 Å². The fourth-order valence-electron chi connectivity index (χ4n) is 2.11. The van der Waals surface area contributed by atoms with Gasteiger partial charge in [-0.3, -0.25) is 0 Å². The fraction of sp³-hybridized carbons (Fsp3) is 0.231. The van der Waals surface area contributed by atoms with Gasteiger partial charge in [0.25, 0.3) is 0 Å². The Morgan fingerprint density at radius 3 is 2.76 bits per heavy atom. The number of carbonyl (C=O) groups is 1.